The van der Waals surface area contributed by atoms with E-state index in [0.29, 0.717) is 24.7 Å². The Morgan fingerprint density at radius 2 is 2.00 bits per heavy atom. The molecule has 8 nitrogen and oxygen atoms in total. The van der Waals surface area contributed by atoms with E-state index in [0.717, 1.165) is 16.8 Å². The molecule has 2 atom stereocenters. The first-order chi connectivity index (χ1) is 18.0. The van der Waals surface area contributed by atoms with Crippen LogP contribution >= 0.6 is 0 Å². The topological polar surface area (TPSA) is 106 Å². The van der Waals surface area contributed by atoms with E-state index in [1.54, 1.807) is 31.6 Å². The maximum atomic E-state index is 13.0. The number of benzene rings is 2. The second-order valence-corrected chi connectivity index (χ2v) is 8.87. The molecular weight excluding hydrogens is 470 g/mol. The lowest BCUT2D eigenvalue weighted by molar-refractivity contribution is -0.140. The number of hydrogen-bond acceptors (Lipinski definition) is 8. The van der Waals surface area contributed by atoms with Crippen LogP contribution in [0, 0.1) is 5.92 Å². The molecule has 192 valence electrons. The largest absolute Gasteiger partial charge is 0.487 e. The molecule has 0 amide bonds. The Morgan fingerprint density at radius 3 is 2.81 bits per heavy atom. The molecule has 1 fully saturated rings. The van der Waals surface area contributed by atoms with Gasteiger partial charge in [0, 0.05) is 55.4 Å². The van der Waals surface area contributed by atoms with Gasteiger partial charge in [-0.2, -0.15) is 0 Å². The summed E-state index contributed by atoms with van der Waals surface area (Å²) in [6, 6.07) is 15.3. The Balaban J connectivity index is 1.70. The highest BCUT2D eigenvalue weighted by Gasteiger charge is 2.37. The van der Waals surface area contributed by atoms with Gasteiger partial charge in [-0.15, -0.1) is 0 Å². The Labute approximate surface area is 216 Å². The van der Waals surface area contributed by atoms with Gasteiger partial charge < -0.3 is 20.1 Å². The molecule has 8 heteroatoms. The van der Waals surface area contributed by atoms with Crippen molar-refractivity contribution in [3.05, 3.63) is 83.8 Å². The van der Waals surface area contributed by atoms with Crippen LogP contribution in [0.3, 0.4) is 0 Å². The predicted molar refractivity (Wildman–Crippen MR) is 141 cm³/mol. The van der Waals surface area contributed by atoms with Gasteiger partial charge in [0.05, 0.1) is 12.3 Å². The third kappa shape index (κ3) is 6.94. The van der Waals surface area contributed by atoms with E-state index in [9.17, 15) is 14.4 Å². The molecule has 0 spiro atoms. The van der Waals surface area contributed by atoms with Gasteiger partial charge in [0.2, 0.25) is 0 Å². The Morgan fingerprint density at radius 1 is 1.16 bits per heavy atom. The Bertz CT molecular complexity index is 1220. The number of aliphatic imine (C=N–C) groups is 1. The second-order valence-electron chi connectivity index (χ2n) is 8.87. The fourth-order valence-electron chi connectivity index (χ4n) is 4.52. The van der Waals surface area contributed by atoms with Crippen LogP contribution in [-0.4, -0.2) is 36.9 Å². The normalized spacial score (nSPS) is 17.9. The van der Waals surface area contributed by atoms with Gasteiger partial charge in [-0.25, -0.2) is 0 Å². The predicted octanol–water partition coefficient (Wildman–Crippen LogP) is 4.29. The maximum Gasteiger partial charge on any atom is 0.325 e. The number of carbonyl (C=O) groups excluding carboxylic acids is 3. The van der Waals surface area contributed by atoms with E-state index < -0.39 is 11.8 Å². The van der Waals surface area contributed by atoms with E-state index in [1.165, 1.54) is 0 Å². The fourth-order valence-corrected chi connectivity index (χ4v) is 4.52. The van der Waals surface area contributed by atoms with E-state index in [1.807, 2.05) is 48.5 Å². The zero-order valence-corrected chi connectivity index (χ0v) is 20.8. The zero-order valence-electron chi connectivity index (χ0n) is 20.8. The van der Waals surface area contributed by atoms with Gasteiger partial charge in [-0.1, -0.05) is 36.4 Å². The number of ketones is 2. The minimum atomic E-state index is -0.512. The van der Waals surface area contributed by atoms with Crippen molar-refractivity contribution < 1.29 is 23.9 Å². The summed E-state index contributed by atoms with van der Waals surface area (Å²) in [5, 5.41) is 6.33. The molecule has 1 aliphatic carbocycles. The highest BCUT2D eigenvalue weighted by atomic mass is 16.5. The van der Waals surface area contributed by atoms with Crippen LogP contribution in [0.15, 0.2) is 77.7 Å². The average Bonchev–Trinajstić information content (AvgIpc) is 3.19. The van der Waals surface area contributed by atoms with Gasteiger partial charge in [0.1, 0.15) is 30.5 Å². The molecule has 0 bridgehead atoms. The van der Waals surface area contributed by atoms with Gasteiger partial charge in [0.25, 0.3) is 0 Å². The summed E-state index contributed by atoms with van der Waals surface area (Å²) in [4.78, 5) is 41.7. The van der Waals surface area contributed by atoms with Crippen molar-refractivity contribution in [1.29, 1.82) is 0 Å². The molecule has 0 saturated heterocycles. The number of ether oxygens (including phenoxy) is 2. The summed E-state index contributed by atoms with van der Waals surface area (Å²) in [7, 11) is 0. The number of nitrogens with zero attached hydrogens (tertiary/aromatic N) is 1. The van der Waals surface area contributed by atoms with Gasteiger partial charge in [-0.3, -0.25) is 19.4 Å². The lowest BCUT2D eigenvalue weighted by Crippen LogP contribution is -2.33. The van der Waals surface area contributed by atoms with Crippen molar-refractivity contribution in [3.63, 3.8) is 0 Å². The van der Waals surface area contributed by atoms with Gasteiger partial charge in [-0.05, 0) is 36.3 Å². The molecule has 2 aromatic carbocycles. The summed E-state index contributed by atoms with van der Waals surface area (Å²) in [6.07, 6.45) is 7.57. The van der Waals surface area contributed by atoms with Crippen molar-refractivity contribution in [2.24, 2.45) is 10.9 Å². The van der Waals surface area contributed by atoms with Crippen LogP contribution in [0.25, 0.3) is 0 Å². The lowest BCUT2D eigenvalue weighted by atomic mass is 9.74. The summed E-state index contributed by atoms with van der Waals surface area (Å²) < 4.78 is 11.2. The van der Waals surface area contributed by atoms with Crippen molar-refractivity contribution in [2.45, 2.75) is 38.7 Å². The highest BCUT2D eigenvalue weighted by molar-refractivity contribution is 5.95. The van der Waals surface area contributed by atoms with Crippen LogP contribution in [0.1, 0.15) is 43.2 Å². The number of allylic oxidation sites excluding steroid dienone is 2. The number of carbonyl (C=O) groups is 3. The number of hydrogen-bond donors (Lipinski definition) is 2. The molecule has 0 radical (unpaired) electrons. The minimum Gasteiger partial charge on any atom is -0.487 e. The number of rotatable bonds is 10. The molecule has 2 aliphatic rings. The molecule has 4 rings (SSSR count). The summed E-state index contributed by atoms with van der Waals surface area (Å²) in [5.74, 6) is -0.644. The maximum absolute atomic E-state index is 13.0. The molecule has 2 unspecified atom stereocenters. The fraction of sp³-hybridized carbons (Fsp3) is 0.310. The van der Waals surface area contributed by atoms with Crippen LogP contribution in [0.4, 0.5) is 5.69 Å². The number of Topliss-reactive ketones (excluding diaryl/α,β-unsaturated/α-hetero) is 2. The molecule has 37 heavy (non-hydrogen) atoms. The van der Waals surface area contributed by atoms with Crippen LogP contribution in [0.2, 0.25) is 0 Å². The standard InChI is InChI=1S/C29H31N3O5/c1-2-36-28(35)18-32-24-11-9-21(15-27(24)37-19-20-7-4-3-5-8-20)29(25-17-30-13-6-14-31-25)23-16-22(33)10-12-26(23)34/h3-9,11,13-15,17,23,29,31-32H,2,10,12,16,18-19H2,1H3. The average molecular weight is 502 g/mol. The van der Waals surface area contributed by atoms with E-state index in [-0.39, 0.29) is 43.3 Å². The van der Waals surface area contributed by atoms with E-state index >= 15 is 0 Å². The third-order valence-corrected chi connectivity index (χ3v) is 6.31. The first kappa shape index (κ1) is 25.9. The number of nitrogens with one attached hydrogen (secondary N) is 2. The lowest BCUT2D eigenvalue weighted by Gasteiger charge is -2.31. The van der Waals surface area contributed by atoms with E-state index in [4.69, 9.17) is 9.47 Å². The monoisotopic (exact) mass is 501 g/mol. The molecular formula is C29H31N3O5. The number of esters is 1. The highest BCUT2D eigenvalue weighted by Crippen LogP contribution is 2.40. The second kappa shape index (κ2) is 12.7. The van der Waals surface area contributed by atoms with Crippen molar-refractivity contribution in [3.8, 4) is 5.75 Å². The Hall–Kier alpha value is -4.20. The first-order valence-corrected chi connectivity index (χ1v) is 12.4. The quantitative estimate of drug-likeness (QED) is 0.468. The summed E-state index contributed by atoms with van der Waals surface area (Å²) in [6.45, 7) is 2.36. The minimum absolute atomic E-state index is 0.0137. The van der Waals surface area contributed by atoms with Crippen LogP contribution in [-0.2, 0) is 25.7 Å². The first-order valence-electron chi connectivity index (χ1n) is 12.4. The van der Waals surface area contributed by atoms with Gasteiger partial charge in [0.15, 0.2) is 0 Å². The van der Waals surface area contributed by atoms with Crippen molar-refractivity contribution in [1.82, 2.24) is 5.32 Å². The smallest absolute Gasteiger partial charge is 0.325 e. The molecule has 1 heterocycles. The summed E-state index contributed by atoms with van der Waals surface area (Å²) >= 11 is 0. The molecule has 1 saturated carbocycles. The zero-order chi connectivity index (χ0) is 26.0. The van der Waals surface area contributed by atoms with Crippen molar-refractivity contribution in [2.75, 3.05) is 18.5 Å². The molecule has 2 N–H and O–H groups in total. The van der Waals surface area contributed by atoms with Crippen LogP contribution < -0.4 is 15.4 Å². The molecule has 1 aliphatic heterocycles. The third-order valence-electron chi connectivity index (χ3n) is 6.31. The summed E-state index contributed by atoms with van der Waals surface area (Å²) in [5.41, 5.74) is 3.14. The SMILES string of the molecule is CCOC(=O)CNc1ccc(C(C2=CN=CC=CN2)C2CC(=O)CCC2=O)cc1OCc1ccccc1. The van der Waals surface area contributed by atoms with E-state index in [2.05, 4.69) is 15.6 Å². The number of anilines is 1. The molecule has 0 aromatic heterocycles. The van der Waals surface area contributed by atoms with Crippen molar-refractivity contribution >= 4 is 29.4 Å². The molecule has 2 aromatic rings. The van der Waals surface area contributed by atoms with Gasteiger partial charge >= 0.3 is 5.97 Å². The Kier molecular flexibility index (Phi) is 8.86. The van der Waals surface area contributed by atoms with Crippen LogP contribution in [0.5, 0.6) is 5.75 Å².